The molecule has 83 heavy (non-hydrogen) atoms. The van der Waals surface area contributed by atoms with Crippen molar-refractivity contribution in [3.63, 3.8) is 0 Å². The van der Waals surface area contributed by atoms with Gasteiger partial charge in [0.15, 0.2) is 0 Å². The number of amides is 1. The van der Waals surface area contributed by atoms with Gasteiger partial charge in [-0.25, -0.2) is 4.57 Å². The Bertz CT molecular complexity index is 1700. The number of rotatable bonds is 63. The molecule has 0 aromatic carbocycles. The molecule has 0 heterocycles. The van der Waals surface area contributed by atoms with Gasteiger partial charge in [0.05, 0.1) is 33.8 Å². The third-order valence-electron chi connectivity index (χ3n) is 15.3. The van der Waals surface area contributed by atoms with E-state index in [4.69, 9.17) is 13.8 Å². The van der Waals surface area contributed by atoms with Gasteiger partial charge in [-0.1, -0.05) is 286 Å². The second-order valence-corrected chi connectivity index (χ2v) is 26.1. The molecule has 3 unspecified atom stereocenters. The van der Waals surface area contributed by atoms with E-state index in [0.29, 0.717) is 17.4 Å². The van der Waals surface area contributed by atoms with Crippen LogP contribution < -0.4 is 5.32 Å². The SMILES string of the molecule is CC/C=C\C/C=C\C/C=C\C/C=C\C/C=C\CCCCCCCCCC(=O)OC(/C=C/CCCCCCCCCCCCC)C(COP(=O)(O)OCC[N+](C)(C)C)NC(=O)CCCCCCCCCCCCC/C=C/CCCCCCCC. The summed E-state index contributed by atoms with van der Waals surface area (Å²) in [5.74, 6) is -0.512. The molecular formula is C73H134N2O7P+. The highest BCUT2D eigenvalue weighted by molar-refractivity contribution is 7.47. The van der Waals surface area contributed by atoms with Crippen LogP contribution in [0.2, 0.25) is 0 Å². The molecule has 0 saturated heterocycles. The van der Waals surface area contributed by atoms with Crippen LogP contribution in [0.5, 0.6) is 0 Å². The van der Waals surface area contributed by atoms with E-state index in [1.54, 1.807) is 0 Å². The first-order valence-electron chi connectivity index (χ1n) is 34.9. The topological polar surface area (TPSA) is 111 Å². The summed E-state index contributed by atoms with van der Waals surface area (Å²) in [7, 11) is 1.49. The Balaban J connectivity index is 5.17. The Morgan fingerprint density at radius 2 is 0.771 bits per heavy atom. The average molecular weight is 1180 g/mol. The fourth-order valence-corrected chi connectivity index (χ4v) is 10.7. The number of unbranched alkanes of at least 4 members (excludes halogenated alkanes) is 35. The van der Waals surface area contributed by atoms with Gasteiger partial charge in [0.2, 0.25) is 5.91 Å². The van der Waals surface area contributed by atoms with Crippen molar-refractivity contribution < 1.29 is 37.3 Å². The fourth-order valence-electron chi connectivity index (χ4n) is 9.96. The molecule has 0 aromatic heterocycles. The normalized spacial score (nSPS) is 14.1. The first kappa shape index (κ1) is 80.2. The second kappa shape index (κ2) is 62.2. The molecule has 0 radical (unpaired) electrons. The van der Waals surface area contributed by atoms with E-state index in [9.17, 15) is 19.0 Å². The Morgan fingerprint density at radius 1 is 0.434 bits per heavy atom. The van der Waals surface area contributed by atoms with Gasteiger partial charge in [0.25, 0.3) is 0 Å². The van der Waals surface area contributed by atoms with E-state index >= 15 is 0 Å². The van der Waals surface area contributed by atoms with Gasteiger partial charge in [0.1, 0.15) is 19.3 Å². The zero-order chi connectivity index (χ0) is 60.7. The van der Waals surface area contributed by atoms with Crippen LogP contribution in [0.1, 0.15) is 316 Å². The number of phosphoric ester groups is 1. The number of allylic oxidation sites excluding steroid dienone is 13. The van der Waals surface area contributed by atoms with Gasteiger partial charge in [0, 0.05) is 12.8 Å². The van der Waals surface area contributed by atoms with Gasteiger partial charge in [-0.2, -0.15) is 0 Å². The largest absolute Gasteiger partial charge is 0.472 e. The molecule has 0 aliphatic heterocycles. The monoisotopic (exact) mass is 1180 g/mol. The van der Waals surface area contributed by atoms with Crippen LogP contribution >= 0.6 is 7.82 Å². The number of ether oxygens (including phenoxy) is 1. The molecule has 0 bridgehead atoms. The zero-order valence-electron chi connectivity index (χ0n) is 55.2. The maximum absolute atomic E-state index is 13.6. The number of carbonyl (C=O) groups is 2. The lowest BCUT2D eigenvalue weighted by Crippen LogP contribution is -2.47. The lowest BCUT2D eigenvalue weighted by Gasteiger charge is -2.27. The van der Waals surface area contributed by atoms with Crippen molar-refractivity contribution in [3.05, 3.63) is 85.1 Å². The third-order valence-corrected chi connectivity index (χ3v) is 16.3. The van der Waals surface area contributed by atoms with Crippen molar-refractivity contribution >= 4 is 19.7 Å². The van der Waals surface area contributed by atoms with E-state index in [0.717, 1.165) is 103 Å². The summed E-state index contributed by atoms with van der Waals surface area (Å²) in [6, 6.07) is -0.858. The molecule has 2 N–H and O–H groups in total. The van der Waals surface area contributed by atoms with Crippen molar-refractivity contribution in [1.82, 2.24) is 5.32 Å². The summed E-state index contributed by atoms with van der Waals surface area (Å²) in [6.45, 7) is 6.92. The number of quaternary nitrogens is 1. The molecule has 0 rings (SSSR count). The van der Waals surface area contributed by atoms with Gasteiger partial charge < -0.3 is 19.4 Å². The predicted octanol–water partition coefficient (Wildman–Crippen LogP) is 22.1. The van der Waals surface area contributed by atoms with Crippen LogP contribution in [0.4, 0.5) is 0 Å². The smallest absolute Gasteiger partial charge is 0.456 e. The minimum atomic E-state index is -4.46. The van der Waals surface area contributed by atoms with Crippen molar-refractivity contribution in [3.8, 4) is 0 Å². The Labute approximate surface area is 514 Å². The second-order valence-electron chi connectivity index (χ2n) is 24.7. The quantitative estimate of drug-likeness (QED) is 0.0205. The Kier molecular flexibility index (Phi) is 60.1. The summed E-state index contributed by atoms with van der Waals surface area (Å²) >= 11 is 0. The highest BCUT2D eigenvalue weighted by atomic mass is 31.2. The number of esters is 1. The Morgan fingerprint density at radius 3 is 1.17 bits per heavy atom. The van der Waals surface area contributed by atoms with Gasteiger partial charge in [-0.05, 0) is 102 Å². The number of phosphoric acid groups is 1. The minimum absolute atomic E-state index is 0.0359. The van der Waals surface area contributed by atoms with Gasteiger partial charge in [-0.3, -0.25) is 18.6 Å². The molecule has 0 aliphatic carbocycles. The minimum Gasteiger partial charge on any atom is -0.456 e. The molecule has 0 aliphatic rings. The van der Waals surface area contributed by atoms with Crippen molar-refractivity contribution in [2.24, 2.45) is 0 Å². The number of carbonyl (C=O) groups excluding carboxylic acids is 2. The highest BCUT2D eigenvalue weighted by Gasteiger charge is 2.30. The summed E-state index contributed by atoms with van der Waals surface area (Å²) in [6.07, 6.45) is 83.0. The first-order valence-corrected chi connectivity index (χ1v) is 36.4. The molecule has 10 heteroatoms. The molecule has 482 valence electrons. The molecule has 9 nitrogen and oxygen atoms in total. The maximum atomic E-state index is 13.6. The molecule has 0 spiro atoms. The van der Waals surface area contributed by atoms with E-state index in [1.807, 2.05) is 33.3 Å². The summed E-state index contributed by atoms with van der Waals surface area (Å²) < 4.78 is 30.8. The van der Waals surface area contributed by atoms with E-state index < -0.39 is 20.0 Å². The van der Waals surface area contributed by atoms with Crippen molar-refractivity contribution in [2.75, 3.05) is 40.9 Å². The average Bonchev–Trinajstić information content (AvgIpc) is 3.47. The zero-order valence-corrected chi connectivity index (χ0v) is 56.1. The molecular weight excluding hydrogens is 1050 g/mol. The van der Waals surface area contributed by atoms with Crippen LogP contribution in [-0.4, -0.2) is 74.3 Å². The van der Waals surface area contributed by atoms with Crippen molar-refractivity contribution in [2.45, 2.75) is 328 Å². The van der Waals surface area contributed by atoms with Gasteiger partial charge >= 0.3 is 13.8 Å². The number of hydrogen-bond donors (Lipinski definition) is 2. The van der Waals surface area contributed by atoms with Crippen LogP contribution in [0.25, 0.3) is 0 Å². The number of likely N-dealkylation sites (N-methyl/N-ethyl adjacent to an activating group) is 1. The van der Waals surface area contributed by atoms with Crippen LogP contribution in [-0.2, 0) is 27.9 Å². The number of hydrogen-bond acceptors (Lipinski definition) is 6. The number of nitrogens with zero attached hydrogens (tertiary/aromatic N) is 1. The molecule has 0 saturated carbocycles. The van der Waals surface area contributed by atoms with E-state index in [-0.39, 0.29) is 31.5 Å². The van der Waals surface area contributed by atoms with Crippen molar-refractivity contribution in [1.29, 1.82) is 0 Å². The van der Waals surface area contributed by atoms with E-state index in [2.05, 4.69) is 99.0 Å². The summed E-state index contributed by atoms with van der Waals surface area (Å²) in [4.78, 5) is 37.9. The molecule has 3 atom stereocenters. The van der Waals surface area contributed by atoms with Gasteiger partial charge in [-0.15, -0.1) is 0 Å². The Hall–Kier alpha value is -2.81. The predicted molar refractivity (Wildman–Crippen MR) is 360 cm³/mol. The van der Waals surface area contributed by atoms with E-state index in [1.165, 1.54) is 180 Å². The lowest BCUT2D eigenvalue weighted by atomic mass is 10.0. The lowest BCUT2D eigenvalue weighted by molar-refractivity contribution is -0.870. The fraction of sp³-hybridized carbons (Fsp3) is 0.781. The maximum Gasteiger partial charge on any atom is 0.472 e. The molecule has 1 amide bonds. The summed E-state index contributed by atoms with van der Waals surface area (Å²) in [5.41, 5.74) is 0. The molecule has 0 aromatic rings. The first-order chi connectivity index (χ1) is 40.4. The standard InChI is InChI=1S/C73H133N2O7P/c1-7-10-13-16-19-22-25-28-30-32-34-36-37-39-41-43-45-48-51-54-57-60-63-66-73(77)82-71(64-61-58-55-52-49-46-27-24-21-18-15-12-9-3)70(69-81-83(78,79)80-68-67-75(4,5)6)74-72(76)65-62-59-56-53-50-47-44-42-40-38-35-33-31-29-26-23-20-17-14-11-8-2/h10,13,19,22,28-31,34,36,39,41,61,64,70-71H,7-9,11-12,14-18,20-21,23-27,32-33,35,37-38,40,42-60,62-63,65-69H2,1-6H3,(H-,74,76,78,79)/p+1/b13-10-,22-19-,30-28-,31-29+,36-34-,41-39-,64-61+. The number of nitrogens with one attached hydrogen (secondary N) is 1. The summed E-state index contributed by atoms with van der Waals surface area (Å²) in [5, 5.41) is 3.07. The third kappa shape index (κ3) is 63.5. The van der Waals surface area contributed by atoms with Crippen LogP contribution in [0.3, 0.4) is 0 Å². The van der Waals surface area contributed by atoms with Crippen LogP contribution in [0.15, 0.2) is 85.1 Å². The molecule has 0 fully saturated rings. The highest BCUT2D eigenvalue weighted by Crippen LogP contribution is 2.43. The van der Waals surface area contributed by atoms with Crippen LogP contribution in [0, 0.1) is 0 Å².